The molecule has 2 atom stereocenters. The van der Waals surface area contributed by atoms with E-state index >= 15 is 0 Å². The SMILES string of the molecule is CC[C@@H](C)C(=O)Nc1ccc2c(n1)OC(C)(CCC(C)C)C(=O)N2c1ccccc1. The monoisotopic (exact) mass is 409 g/mol. The van der Waals surface area contributed by atoms with Crippen LogP contribution in [0.2, 0.25) is 0 Å². The molecule has 1 N–H and O–H groups in total. The van der Waals surface area contributed by atoms with Crippen LogP contribution in [0.4, 0.5) is 17.2 Å². The molecule has 1 aromatic heterocycles. The molecule has 2 heterocycles. The van der Waals surface area contributed by atoms with Gasteiger partial charge in [-0.1, -0.05) is 45.9 Å². The second-order valence-electron chi connectivity index (χ2n) is 8.56. The van der Waals surface area contributed by atoms with Gasteiger partial charge in [0.2, 0.25) is 11.8 Å². The number of nitrogens with one attached hydrogen (secondary N) is 1. The molecule has 2 amide bonds. The number of ether oxygens (including phenoxy) is 1. The average Bonchev–Trinajstić information content (AvgIpc) is 2.73. The van der Waals surface area contributed by atoms with E-state index in [1.54, 1.807) is 17.0 Å². The molecule has 6 nitrogen and oxygen atoms in total. The number of carbonyl (C=O) groups excluding carboxylic acids is 2. The minimum Gasteiger partial charge on any atom is -0.460 e. The molecular formula is C24H31N3O3. The van der Waals surface area contributed by atoms with Crippen molar-refractivity contribution in [2.75, 3.05) is 10.2 Å². The van der Waals surface area contributed by atoms with Crippen molar-refractivity contribution in [1.82, 2.24) is 4.98 Å². The van der Waals surface area contributed by atoms with Gasteiger partial charge in [0.25, 0.3) is 5.91 Å². The fourth-order valence-corrected chi connectivity index (χ4v) is 3.34. The van der Waals surface area contributed by atoms with Gasteiger partial charge in [-0.25, -0.2) is 0 Å². The molecule has 0 bridgehead atoms. The lowest BCUT2D eigenvalue weighted by atomic mass is 9.92. The van der Waals surface area contributed by atoms with Crippen molar-refractivity contribution in [2.45, 2.75) is 59.5 Å². The summed E-state index contributed by atoms with van der Waals surface area (Å²) in [6.07, 6.45) is 2.18. The minimum atomic E-state index is -1.03. The third kappa shape index (κ3) is 4.48. The Bertz CT molecular complexity index is 913. The van der Waals surface area contributed by atoms with Crippen molar-refractivity contribution >= 4 is 29.0 Å². The first-order chi connectivity index (χ1) is 14.2. The summed E-state index contributed by atoms with van der Waals surface area (Å²) in [7, 11) is 0. The van der Waals surface area contributed by atoms with Gasteiger partial charge in [0.05, 0.1) is 0 Å². The number of anilines is 3. The van der Waals surface area contributed by atoms with Gasteiger partial charge in [0, 0.05) is 11.6 Å². The van der Waals surface area contributed by atoms with Gasteiger partial charge in [-0.15, -0.1) is 0 Å². The Hall–Kier alpha value is -2.89. The molecule has 6 heteroatoms. The van der Waals surface area contributed by atoms with Crippen LogP contribution in [0.1, 0.15) is 53.9 Å². The highest BCUT2D eigenvalue weighted by molar-refractivity contribution is 6.08. The van der Waals surface area contributed by atoms with Crippen LogP contribution in [0, 0.1) is 11.8 Å². The van der Waals surface area contributed by atoms with Crippen LogP contribution in [-0.4, -0.2) is 22.4 Å². The number of nitrogens with zero attached hydrogens (tertiary/aromatic N) is 2. The molecule has 1 unspecified atom stereocenters. The van der Waals surface area contributed by atoms with Crippen LogP contribution < -0.4 is 15.0 Å². The van der Waals surface area contributed by atoms with E-state index in [4.69, 9.17) is 4.74 Å². The number of benzene rings is 1. The van der Waals surface area contributed by atoms with Gasteiger partial charge in [0.15, 0.2) is 5.60 Å². The molecular weight excluding hydrogens is 378 g/mol. The summed E-state index contributed by atoms with van der Waals surface area (Å²) in [6.45, 7) is 9.92. The lowest BCUT2D eigenvalue weighted by molar-refractivity contribution is -0.134. The number of rotatable bonds is 7. The highest BCUT2D eigenvalue weighted by Crippen LogP contribution is 2.43. The van der Waals surface area contributed by atoms with Crippen LogP contribution in [0.5, 0.6) is 5.88 Å². The molecule has 0 fully saturated rings. The predicted molar refractivity (Wildman–Crippen MR) is 119 cm³/mol. The number of carbonyl (C=O) groups is 2. The fourth-order valence-electron chi connectivity index (χ4n) is 3.34. The summed E-state index contributed by atoms with van der Waals surface area (Å²) in [4.78, 5) is 32.0. The lowest BCUT2D eigenvalue weighted by Gasteiger charge is -2.40. The van der Waals surface area contributed by atoms with Crippen LogP contribution in [0.3, 0.4) is 0 Å². The second kappa shape index (κ2) is 8.86. The topological polar surface area (TPSA) is 71.5 Å². The Morgan fingerprint density at radius 2 is 1.87 bits per heavy atom. The quantitative estimate of drug-likeness (QED) is 0.672. The van der Waals surface area contributed by atoms with Crippen molar-refractivity contribution < 1.29 is 14.3 Å². The van der Waals surface area contributed by atoms with Crippen molar-refractivity contribution in [3.8, 4) is 5.88 Å². The van der Waals surface area contributed by atoms with E-state index < -0.39 is 5.60 Å². The van der Waals surface area contributed by atoms with Crippen molar-refractivity contribution in [2.24, 2.45) is 11.8 Å². The Balaban J connectivity index is 2.01. The first-order valence-corrected chi connectivity index (χ1v) is 10.7. The lowest BCUT2D eigenvalue weighted by Crippen LogP contribution is -2.53. The summed E-state index contributed by atoms with van der Waals surface area (Å²) < 4.78 is 6.19. The van der Waals surface area contributed by atoms with Gasteiger partial charge in [-0.05, 0) is 56.4 Å². The third-order valence-corrected chi connectivity index (χ3v) is 5.58. The molecule has 0 saturated carbocycles. The zero-order chi connectivity index (χ0) is 21.9. The smallest absolute Gasteiger partial charge is 0.275 e. The van der Waals surface area contributed by atoms with Crippen molar-refractivity contribution in [1.29, 1.82) is 0 Å². The van der Waals surface area contributed by atoms with Crippen molar-refractivity contribution in [3.63, 3.8) is 0 Å². The molecule has 2 aromatic rings. The van der Waals surface area contributed by atoms with E-state index in [0.29, 0.717) is 29.7 Å². The molecule has 0 spiro atoms. The van der Waals surface area contributed by atoms with E-state index in [0.717, 1.165) is 18.5 Å². The molecule has 0 saturated heterocycles. The van der Waals surface area contributed by atoms with Crippen LogP contribution in [0.15, 0.2) is 42.5 Å². The predicted octanol–water partition coefficient (Wildman–Crippen LogP) is 5.32. The Labute approximate surface area is 178 Å². The van der Waals surface area contributed by atoms with Gasteiger partial charge >= 0.3 is 0 Å². The number of hydrogen-bond acceptors (Lipinski definition) is 4. The van der Waals surface area contributed by atoms with Crippen LogP contribution in [-0.2, 0) is 9.59 Å². The summed E-state index contributed by atoms with van der Waals surface area (Å²) >= 11 is 0. The minimum absolute atomic E-state index is 0.0840. The average molecular weight is 410 g/mol. The standard InChI is InChI=1S/C24H31N3O3/c1-6-17(4)21(28)25-20-13-12-19-22(26-20)30-24(5,15-14-16(2)3)23(29)27(19)18-10-8-7-9-11-18/h7-13,16-17H,6,14-15H2,1-5H3,(H,25,26,28)/t17-,24?/m1/s1. The molecule has 3 rings (SSSR count). The molecule has 1 aromatic carbocycles. The molecule has 0 aliphatic carbocycles. The molecule has 0 radical (unpaired) electrons. The zero-order valence-electron chi connectivity index (χ0n) is 18.4. The van der Waals surface area contributed by atoms with E-state index in [9.17, 15) is 9.59 Å². The van der Waals surface area contributed by atoms with Gasteiger partial charge < -0.3 is 10.1 Å². The van der Waals surface area contributed by atoms with E-state index in [1.165, 1.54) is 0 Å². The largest absolute Gasteiger partial charge is 0.460 e. The first kappa shape index (κ1) is 21.8. The second-order valence-corrected chi connectivity index (χ2v) is 8.56. The van der Waals surface area contributed by atoms with Gasteiger partial charge in [-0.3, -0.25) is 14.5 Å². The van der Waals surface area contributed by atoms with Crippen LogP contribution >= 0.6 is 0 Å². The number of amides is 2. The maximum atomic E-state index is 13.5. The molecule has 1 aliphatic rings. The fraction of sp³-hybridized carbons (Fsp3) is 0.458. The summed E-state index contributed by atoms with van der Waals surface area (Å²) in [5.41, 5.74) is 0.315. The van der Waals surface area contributed by atoms with Crippen LogP contribution in [0.25, 0.3) is 0 Å². The molecule has 30 heavy (non-hydrogen) atoms. The number of hydrogen-bond donors (Lipinski definition) is 1. The normalized spacial score (nSPS) is 19.3. The Kier molecular flexibility index (Phi) is 6.44. The van der Waals surface area contributed by atoms with E-state index in [2.05, 4.69) is 24.1 Å². The first-order valence-electron chi connectivity index (χ1n) is 10.7. The number of pyridine rings is 1. The van der Waals surface area contributed by atoms with Crippen molar-refractivity contribution in [3.05, 3.63) is 42.5 Å². The van der Waals surface area contributed by atoms with E-state index in [-0.39, 0.29) is 17.7 Å². The number of para-hydroxylation sites is 1. The Morgan fingerprint density at radius 1 is 1.17 bits per heavy atom. The highest BCUT2D eigenvalue weighted by Gasteiger charge is 2.45. The highest BCUT2D eigenvalue weighted by atomic mass is 16.5. The summed E-state index contributed by atoms with van der Waals surface area (Å²) in [6, 6.07) is 13.0. The molecule has 1 aliphatic heterocycles. The number of aromatic nitrogens is 1. The maximum absolute atomic E-state index is 13.5. The summed E-state index contributed by atoms with van der Waals surface area (Å²) in [5, 5.41) is 2.85. The maximum Gasteiger partial charge on any atom is 0.275 e. The summed E-state index contributed by atoms with van der Waals surface area (Å²) in [5.74, 6) is 0.917. The zero-order valence-corrected chi connectivity index (χ0v) is 18.4. The molecule has 160 valence electrons. The number of fused-ring (bicyclic) bond motifs is 1. The Morgan fingerprint density at radius 3 is 2.50 bits per heavy atom. The van der Waals surface area contributed by atoms with Gasteiger partial charge in [0.1, 0.15) is 11.5 Å². The van der Waals surface area contributed by atoms with Gasteiger partial charge in [-0.2, -0.15) is 4.98 Å². The van der Waals surface area contributed by atoms with E-state index in [1.807, 2.05) is 51.1 Å². The third-order valence-electron chi connectivity index (χ3n) is 5.58.